The lowest BCUT2D eigenvalue weighted by Gasteiger charge is -2.42. The lowest BCUT2D eigenvalue weighted by Crippen LogP contribution is -2.53. The largest absolute Gasteiger partial charge is 0.301 e. The van der Waals surface area contributed by atoms with E-state index in [1.807, 2.05) is 0 Å². The van der Waals surface area contributed by atoms with E-state index < -0.39 is 9.84 Å². The topological polar surface area (TPSA) is 60.1 Å². The van der Waals surface area contributed by atoms with E-state index in [9.17, 15) is 8.42 Å². The normalized spacial score (nSPS) is 23.2. The number of rotatable bonds is 2. The van der Waals surface area contributed by atoms with E-state index in [-0.39, 0.29) is 13.0 Å². The molecule has 0 aromatic heterocycles. The Kier molecular flexibility index (Phi) is 34.4. The number of sulfone groups is 1. The Morgan fingerprint density at radius 2 is 0.521 bits per heavy atom. The van der Waals surface area contributed by atoms with Crippen molar-refractivity contribution in [3.63, 3.8) is 0 Å². The van der Waals surface area contributed by atoms with E-state index >= 15 is 0 Å². The van der Waals surface area contributed by atoms with Gasteiger partial charge in [0, 0.05) is 78.5 Å². The summed E-state index contributed by atoms with van der Waals surface area (Å²) in [5.41, 5.74) is 2.08. The Morgan fingerprint density at radius 3 is 0.699 bits per heavy atom. The van der Waals surface area contributed by atoms with Gasteiger partial charge in [0.1, 0.15) is 0 Å². The summed E-state index contributed by atoms with van der Waals surface area (Å²) >= 11 is 0. The van der Waals surface area contributed by atoms with Crippen molar-refractivity contribution in [2.75, 3.05) is 123 Å². The first kappa shape index (κ1) is 72.6. The molecule has 0 saturated carbocycles. The van der Waals surface area contributed by atoms with Gasteiger partial charge in [0.05, 0.1) is 11.5 Å². The van der Waals surface area contributed by atoms with Crippen LogP contribution < -0.4 is 0 Å². The zero-order valence-corrected chi connectivity index (χ0v) is 53.5. The minimum Gasteiger partial charge on any atom is -0.301 e. The van der Waals surface area contributed by atoms with Crippen LogP contribution in [0.25, 0.3) is 0 Å². The molecule has 7 aliphatic rings. The van der Waals surface area contributed by atoms with Crippen molar-refractivity contribution >= 4 is 9.84 Å². The summed E-state index contributed by atoms with van der Waals surface area (Å²) in [6, 6.07) is 0.775. The van der Waals surface area contributed by atoms with E-state index in [2.05, 4.69) is 185 Å². The van der Waals surface area contributed by atoms with Crippen LogP contribution in [0.5, 0.6) is 0 Å². The molecular weight excluding hydrogens is 921 g/mol. The molecule has 0 aliphatic carbocycles. The summed E-state index contributed by atoms with van der Waals surface area (Å²) in [5.74, 6) is 0.647. The van der Waals surface area contributed by atoms with Gasteiger partial charge in [0.15, 0.2) is 9.84 Å². The summed E-state index contributed by atoms with van der Waals surface area (Å²) in [5, 5.41) is 0. The molecule has 7 heterocycles. The quantitative estimate of drug-likeness (QED) is 0.267. The summed E-state index contributed by atoms with van der Waals surface area (Å²) in [7, 11) is -2.72. The monoisotopic (exact) mass is 1060 g/mol. The summed E-state index contributed by atoms with van der Waals surface area (Å²) in [6.45, 7) is 68.3. The Labute approximate surface area is 460 Å². The number of piperidine rings is 4. The van der Waals surface area contributed by atoms with Crippen LogP contribution in [-0.2, 0) is 9.84 Å². The third-order valence-electron chi connectivity index (χ3n) is 16.2. The van der Waals surface area contributed by atoms with Crippen LogP contribution >= 0.6 is 0 Å². The molecule has 7 rings (SSSR count). The summed E-state index contributed by atoms with van der Waals surface area (Å²) < 4.78 is 22.2. The van der Waals surface area contributed by atoms with Gasteiger partial charge >= 0.3 is 0 Å². The lowest BCUT2D eigenvalue weighted by molar-refractivity contribution is 0.0648. The van der Waals surface area contributed by atoms with Crippen LogP contribution in [0, 0.1) is 0 Å². The van der Waals surface area contributed by atoms with E-state index in [1.165, 1.54) is 188 Å². The standard InChI is InChI=1S/C10H22N2.4C9H19N.C8H17NO2S.C7H15N.CH4/c1-5-11-6-8-12(9-7-11)10(2,3)4;4*1-9(2,3)10-7-5-4-6-8-10;1-8(2,3)9-4-6-12(10,11)7-5-9;1-7(2)8-5-3-4-6-8;/h5-9H2,1-4H3;4*4-8H2,1-3H3;4-7H2,1-3H3;7H,3-6H2,1-2H3;1H4. The molecule has 11 heteroatoms. The number of hydrogen-bond donors (Lipinski definition) is 0. The first-order valence-electron chi connectivity index (χ1n) is 30.2. The SMILES string of the molecule is C.CC(C)(C)N1CCCCC1.CC(C)(C)N1CCCCC1.CC(C)(C)N1CCCCC1.CC(C)(C)N1CCCCC1.CC(C)(C)N1CCS(=O)(=O)CC1.CC(C)N1CCCC1.CCN1CCN(C(C)(C)C)CC1. The van der Waals surface area contributed by atoms with Crippen molar-refractivity contribution in [2.24, 2.45) is 0 Å². The Morgan fingerprint density at radius 1 is 0.315 bits per heavy atom. The Balaban J connectivity index is 0.000000829. The van der Waals surface area contributed by atoms with Crippen molar-refractivity contribution in [2.45, 2.75) is 282 Å². The lowest BCUT2D eigenvalue weighted by atomic mass is 10.0. The molecule has 0 spiro atoms. The second-order valence-corrected chi connectivity index (χ2v) is 30.9. The van der Waals surface area contributed by atoms with Gasteiger partial charge in [-0.3, -0.25) is 29.4 Å². The molecular formula is C62H134N8O2S. The van der Waals surface area contributed by atoms with Gasteiger partial charge in [-0.15, -0.1) is 0 Å². The van der Waals surface area contributed by atoms with Crippen LogP contribution in [0.15, 0.2) is 0 Å². The van der Waals surface area contributed by atoms with Crippen molar-refractivity contribution in [3.8, 4) is 0 Å². The van der Waals surface area contributed by atoms with Gasteiger partial charge in [-0.2, -0.15) is 0 Å². The molecule has 7 aliphatic heterocycles. The maximum Gasteiger partial charge on any atom is 0.152 e. The van der Waals surface area contributed by atoms with Crippen LogP contribution in [0.4, 0.5) is 0 Å². The van der Waals surface area contributed by atoms with Crippen molar-refractivity contribution in [1.82, 2.24) is 39.2 Å². The van der Waals surface area contributed by atoms with Gasteiger partial charge < -0.3 is 9.80 Å². The first-order chi connectivity index (χ1) is 33.1. The van der Waals surface area contributed by atoms with Crippen molar-refractivity contribution in [1.29, 1.82) is 0 Å². The fourth-order valence-electron chi connectivity index (χ4n) is 10.6. The number of likely N-dealkylation sites (tertiary alicyclic amines) is 5. The minimum absolute atomic E-state index is 0. The van der Waals surface area contributed by atoms with Gasteiger partial charge in [-0.1, -0.05) is 40.0 Å². The van der Waals surface area contributed by atoms with Crippen molar-refractivity contribution in [3.05, 3.63) is 0 Å². The molecule has 0 aromatic carbocycles. The molecule has 0 N–H and O–H groups in total. The third kappa shape index (κ3) is 33.0. The zero-order chi connectivity index (χ0) is 55.0. The second kappa shape index (κ2) is 34.6. The van der Waals surface area contributed by atoms with E-state index in [0.717, 1.165) is 6.04 Å². The van der Waals surface area contributed by atoms with E-state index in [4.69, 9.17) is 0 Å². The number of hydrogen-bond acceptors (Lipinski definition) is 10. The Hall–Kier alpha value is -0.370. The van der Waals surface area contributed by atoms with Crippen LogP contribution in [-0.4, -0.2) is 210 Å². The van der Waals surface area contributed by atoms with Gasteiger partial charge in [-0.25, -0.2) is 8.42 Å². The molecule has 10 nitrogen and oxygen atoms in total. The highest BCUT2D eigenvalue weighted by Crippen LogP contribution is 2.23. The Bertz CT molecular complexity index is 1320. The predicted octanol–water partition coefficient (Wildman–Crippen LogP) is 13.1. The van der Waals surface area contributed by atoms with Crippen molar-refractivity contribution < 1.29 is 8.42 Å². The molecule has 7 saturated heterocycles. The third-order valence-corrected chi connectivity index (χ3v) is 17.8. The molecule has 0 bridgehead atoms. The molecule has 0 unspecified atom stereocenters. The van der Waals surface area contributed by atoms with Crippen LogP contribution in [0.3, 0.4) is 0 Å². The van der Waals surface area contributed by atoms with Crippen LogP contribution in [0.1, 0.15) is 243 Å². The van der Waals surface area contributed by atoms with Crippen LogP contribution in [0.2, 0.25) is 0 Å². The van der Waals surface area contributed by atoms with Gasteiger partial charge in [0.25, 0.3) is 0 Å². The fourth-order valence-corrected chi connectivity index (χ4v) is 11.8. The number of nitrogens with zero attached hydrogens (tertiary/aromatic N) is 8. The second-order valence-electron chi connectivity index (χ2n) is 28.6. The summed E-state index contributed by atoms with van der Waals surface area (Å²) in [6.07, 6.45) is 19.8. The minimum atomic E-state index is -2.72. The fraction of sp³-hybridized carbons (Fsp3) is 1.00. The highest BCUT2D eigenvalue weighted by molar-refractivity contribution is 7.91. The highest BCUT2D eigenvalue weighted by Gasteiger charge is 2.30. The molecule has 73 heavy (non-hydrogen) atoms. The zero-order valence-electron chi connectivity index (χ0n) is 52.7. The average molecular weight is 1060 g/mol. The maximum atomic E-state index is 11.1. The molecule has 7 fully saturated rings. The molecule has 440 valence electrons. The van der Waals surface area contributed by atoms with Gasteiger partial charge in [0.2, 0.25) is 0 Å². The molecule has 0 amide bonds. The predicted molar refractivity (Wildman–Crippen MR) is 327 cm³/mol. The van der Waals surface area contributed by atoms with E-state index in [0.29, 0.717) is 52.3 Å². The first-order valence-corrected chi connectivity index (χ1v) is 32.1. The van der Waals surface area contributed by atoms with E-state index in [1.54, 1.807) is 0 Å². The molecule has 0 aromatic rings. The smallest absolute Gasteiger partial charge is 0.152 e. The number of likely N-dealkylation sites (N-methyl/N-ethyl adjacent to an activating group) is 1. The number of piperazine rings is 1. The highest BCUT2D eigenvalue weighted by atomic mass is 32.2. The molecule has 0 atom stereocenters. The van der Waals surface area contributed by atoms with Gasteiger partial charge in [-0.05, 0) is 275 Å². The summed E-state index contributed by atoms with van der Waals surface area (Å²) in [4.78, 5) is 20.1. The average Bonchev–Trinajstić information content (AvgIpc) is 3.86. The molecule has 0 radical (unpaired) electrons. The maximum absolute atomic E-state index is 11.1.